The van der Waals surface area contributed by atoms with Gasteiger partial charge in [0.2, 0.25) is 5.91 Å². The fourth-order valence-electron chi connectivity index (χ4n) is 5.69. The van der Waals surface area contributed by atoms with Crippen molar-refractivity contribution in [1.29, 1.82) is 0 Å². The van der Waals surface area contributed by atoms with Crippen LogP contribution in [0.2, 0.25) is 0 Å². The van der Waals surface area contributed by atoms with E-state index in [9.17, 15) is 4.79 Å². The SMILES string of the molecule is O=C1CCC2(CCN(C3Cc4ccccc4C3)CC2)CN1CCc1ccncc1. The van der Waals surface area contributed by atoms with Gasteiger partial charge in [-0.1, -0.05) is 24.3 Å². The third-order valence-corrected chi connectivity index (χ3v) is 7.57. The molecule has 4 nitrogen and oxygen atoms in total. The Morgan fingerprint density at radius 1 is 0.966 bits per heavy atom. The molecule has 0 unspecified atom stereocenters. The molecule has 0 N–H and O–H groups in total. The highest BCUT2D eigenvalue weighted by molar-refractivity contribution is 5.77. The second-order valence-electron chi connectivity index (χ2n) is 9.29. The molecule has 1 spiro atoms. The van der Waals surface area contributed by atoms with Crippen LogP contribution in [0.15, 0.2) is 48.8 Å². The number of amides is 1. The molecule has 2 fully saturated rings. The topological polar surface area (TPSA) is 36.4 Å². The fourth-order valence-corrected chi connectivity index (χ4v) is 5.69. The zero-order chi connectivity index (χ0) is 19.7. The van der Waals surface area contributed by atoms with Gasteiger partial charge in [-0.3, -0.25) is 14.7 Å². The number of hydrogen-bond acceptors (Lipinski definition) is 3. The Morgan fingerprint density at radius 2 is 1.66 bits per heavy atom. The van der Waals surface area contributed by atoms with Gasteiger partial charge in [-0.15, -0.1) is 0 Å². The predicted octanol–water partition coefficient (Wildman–Crippen LogP) is 3.50. The first-order chi connectivity index (χ1) is 14.2. The standard InChI is InChI=1S/C25H31N3O/c29-24-5-9-25(19-28(24)14-8-20-6-12-26-13-7-20)10-15-27(16-11-25)23-17-21-3-1-2-4-22(21)18-23/h1-4,6-7,12-13,23H,5,8-11,14-19H2. The Kier molecular flexibility index (Phi) is 5.13. The van der Waals surface area contributed by atoms with Crippen molar-refractivity contribution in [3.63, 3.8) is 0 Å². The number of fused-ring (bicyclic) bond motifs is 1. The molecule has 2 aromatic rings. The van der Waals surface area contributed by atoms with Crippen LogP contribution in [0.5, 0.6) is 0 Å². The lowest BCUT2D eigenvalue weighted by Gasteiger charge is -2.48. The number of rotatable bonds is 4. The largest absolute Gasteiger partial charge is 0.342 e. The molecule has 0 atom stereocenters. The minimum absolute atomic E-state index is 0.341. The van der Waals surface area contributed by atoms with Gasteiger partial charge in [0.1, 0.15) is 0 Å². The van der Waals surface area contributed by atoms with Crippen LogP contribution in [-0.2, 0) is 24.1 Å². The summed E-state index contributed by atoms with van der Waals surface area (Å²) in [6.07, 6.45) is 11.3. The number of carbonyl (C=O) groups is 1. The number of pyridine rings is 1. The molecule has 2 saturated heterocycles. The lowest BCUT2D eigenvalue weighted by atomic mass is 9.72. The Balaban J connectivity index is 1.17. The van der Waals surface area contributed by atoms with E-state index < -0.39 is 0 Å². The number of likely N-dealkylation sites (tertiary alicyclic amines) is 2. The molecule has 3 heterocycles. The van der Waals surface area contributed by atoms with Gasteiger partial charge >= 0.3 is 0 Å². The highest BCUT2D eigenvalue weighted by Crippen LogP contribution is 2.41. The number of nitrogens with zero attached hydrogens (tertiary/aromatic N) is 3. The Bertz CT molecular complexity index is 832. The van der Waals surface area contributed by atoms with E-state index >= 15 is 0 Å². The maximum absolute atomic E-state index is 12.5. The van der Waals surface area contributed by atoms with Crippen LogP contribution in [0.3, 0.4) is 0 Å². The lowest BCUT2D eigenvalue weighted by molar-refractivity contribution is -0.139. The molecule has 1 aliphatic carbocycles. The Morgan fingerprint density at radius 3 is 2.34 bits per heavy atom. The average molecular weight is 390 g/mol. The first-order valence-electron chi connectivity index (χ1n) is 11.2. The van der Waals surface area contributed by atoms with Crippen molar-refractivity contribution in [3.8, 4) is 0 Å². The van der Waals surface area contributed by atoms with E-state index in [1.165, 1.54) is 44.3 Å². The number of benzene rings is 1. The molecule has 29 heavy (non-hydrogen) atoms. The summed E-state index contributed by atoms with van der Waals surface area (Å²) in [5.74, 6) is 0.346. The van der Waals surface area contributed by atoms with E-state index in [4.69, 9.17) is 0 Å². The van der Waals surface area contributed by atoms with E-state index in [0.29, 0.717) is 17.4 Å². The van der Waals surface area contributed by atoms with Crippen LogP contribution < -0.4 is 0 Å². The maximum atomic E-state index is 12.5. The van der Waals surface area contributed by atoms with E-state index in [0.717, 1.165) is 32.4 Å². The summed E-state index contributed by atoms with van der Waals surface area (Å²) in [7, 11) is 0. The molecule has 2 aliphatic heterocycles. The molecule has 1 aromatic carbocycles. The van der Waals surface area contributed by atoms with E-state index in [1.54, 1.807) is 11.1 Å². The average Bonchev–Trinajstić information content (AvgIpc) is 3.20. The molecule has 0 saturated carbocycles. The van der Waals surface area contributed by atoms with Crippen molar-refractivity contribution in [2.45, 2.75) is 51.0 Å². The highest BCUT2D eigenvalue weighted by Gasteiger charge is 2.42. The van der Waals surface area contributed by atoms with Crippen molar-refractivity contribution in [3.05, 3.63) is 65.5 Å². The van der Waals surface area contributed by atoms with Gasteiger partial charge in [0.15, 0.2) is 0 Å². The van der Waals surface area contributed by atoms with Crippen LogP contribution in [0, 0.1) is 5.41 Å². The fraction of sp³-hybridized carbons (Fsp3) is 0.520. The van der Waals surface area contributed by atoms with E-state index in [1.807, 2.05) is 12.4 Å². The molecule has 5 rings (SSSR count). The molecular weight excluding hydrogens is 358 g/mol. The first-order valence-corrected chi connectivity index (χ1v) is 11.2. The molecule has 1 aromatic heterocycles. The van der Waals surface area contributed by atoms with Gasteiger partial charge < -0.3 is 4.90 Å². The molecule has 0 radical (unpaired) electrons. The maximum Gasteiger partial charge on any atom is 0.222 e. The molecule has 0 bridgehead atoms. The molecule has 1 amide bonds. The second kappa shape index (κ2) is 7.91. The summed E-state index contributed by atoms with van der Waals surface area (Å²) in [5.41, 5.74) is 4.70. The smallest absolute Gasteiger partial charge is 0.222 e. The summed E-state index contributed by atoms with van der Waals surface area (Å²) in [5, 5.41) is 0. The van der Waals surface area contributed by atoms with E-state index in [2.05, 4.69) is 51.2 Å². The van der Waals surface area contributed by atoms with Crippen LogP contribution in [0.1, 0.15) is 42.4 Å². The number of aromatic nitrogens is 1. The van der Waals surface area contributed by atoms with Crippen molar-refractivity contribution < 1.29 is 4.79 Å². The molecule has 4 heteroatoms. The lowest BCUT2D eigenvalue weighted by Crippen LogP contribution is -2.53. The second-order valence-corrected chi connectivity index (χ2v) is 9.29. The summed E-state index contributed by atoms with van der Waals surface area (Å²) < 4.78 is 0. The Labute approximate surface area is 173 Å². The number of hydrogen-bond donors (Lipinski definition) is 0. The monoisotopic (exact) mass is 389 g/mol. The zero-order valence-electron chi connectivity index (χ0n) is 17.2. The van der Waals surface area contributed by atoms with Crippen molar-refractivity contribution in [2.24, 2.45) is 5.41 Å². The molecular formula is C25H31N3O. The van der Waals surface area contributed by atoms with Gasteiger partial charge in [-0.25, -0.2) is 0 Å². The van der Waals surface area contributed by atoms with Gasteiger partial charge in [-0.2, -0.15) is 0 Å². The minimum atomic E-state index is 0.341. The van der Waals surface area contributed by atoms with Gasteiger partial charge in [0.25, 0.3) is 0 Å². The normalized spacial score (nSPS) is 22.2. The zero-order valence-corrected chi connectivity index (χ0v) is 17.2. The number of piperidine rings is 2. The van der Waals surface area contributed by atoms with Gasteiger partial charge in [0, 0.05) is 37.9 Å². The van der Waals surface area contributed by atoms with Crippen LogP contribution in [0.25, 0.3) is 0 Å². The summed E-state index contributed by atoms with van der Waals surface area (Å²) in [6, 6.07) is 13.7. The van der Waals surface area contributed by atoms with Gasteiger partial charge in [0.05, 0.1) is 0 Å². The molecule has 3 aliphatic rings. The summed E-state index contributed by atoms with van der Waals surface area (Å²) in [4.78, 5) is 21.5. The quantitative estimate of drug-likeness (QED) is 0.803. The van der Waals surface area contributed by atoms with Gasteiger partial charge in [-0.05, 0) is 85.9 Å². The van der Waals surface area contributed by atoms with E-state index in [-0.39, 0.29) is 0 Å². The van der Waals surface area contributed by atoms with Crippen molar-refractivity contribution in [1.82, 2.24) is 14.8 Å². The van der Waals surface area contributed by atoms with Crippen molar-refractivity contribution in [2.75, 3.05) is 26.2 Å². The minimum Gasteiger partial charge on any atom is -0.342 e. The third kappa shape index (κ3) is 3.95. The van der Waals surface area contributed by atoms with Crippen molar-refractivity contribution >= 4 is 5.91 Å². The third-order valence-electron chi connectivity index (χ3n) is 7.57. The first kappa shape index (κ1) is 18.8. The predicted molar refractivity (Wildman–Crippen MR) is 115 cm³/mol. The highest BCUT2D eigenvalue weighted by atomic mass is 16.2. The summed E-state index contributed by atoms with van der Waals surface area (Å²) >= 11 is 0. The van der Waals surface area contributed by atoms with Crippen LogP contribution in [0.4, 0.5) is 0 Å². The number of carbonyl (C=O) groups excluding carboxylic acids is 1. The van der Waals surface area contributed by atoms with Crippen LogP contribution >= 0.6 is 0 Å². The molecule has 152 valence electrons. The Hall–Kier alpha value is -2.20. The van der Waals surface area contributed by atoms with Crippen LogP contribution in [-0.4, -0.2) is 52.9 Å². The summed E-state index contributed by atoms with van der Waals surface area (Å²) in [6.45, 7) is 4.16.